The first-order valence-corrected chi connectivity index (χ1v) is 13.8. The average Bonchev–Trinajstić information content (AvgIpc) is 3.55. The van der Waals surface area contributed by atoms with E-state index in [1.165, 1.54) is 36.2 Å². The Morgan fingerprint density at radius 1 is 1.12 bits per heavy atom. The fourth-order valence-corrected chi connectivity index (χ4v) is 5.90. The number of furan rings is 1. The minimum Gasteiger partial charge on any atom is -0.493 e. The number of aryl methyl sites for hydroxylation is 1. The molecule has 216 valence electrons. The minimum atomic E-state index is -0.817. The van der Waals surface area contributed by atoms with E-state index in [0.717, 1.165) is 11.1 Å². The van der Waals surface area contributed by atoms with E-state index in [2.05, 4.69) is 4.99 Å². The quantitative estimate of drug-likeness (QED) is 0.239. The van der Waals surface area contributed by atoms with E-state index in [4.69, 9.17) is 18.6 Å². The van der Waals surface area contributed by atoms with Gasteiger partial charge in [-0.05, 0) is 62.2 Å². The fourth-order valence-electron chi connectivity index (χ4n) is 4.88. The molecular formula is C30H28N3O8S+. The number of carbonyl (C=O) groups excluding carboxylic acids is 1. The number of nitrogens with zero attached hydrogens (tertiary/aromatic N) is 3. The zero-order chi connectivity index (χ0) is 30.1. The predicted molar refractivity (Wildman–Crippen MR) is 154 cm³/mol. The number of carbonyl (C=O) groups is 1. The van der Waals surface area contributed by atoms with Crippen molar-refractivity contribution in [3.63, 3.8) is 0 Å². The number of thiazole rings is 1. The van der Waals surface area contributed by atoms with E-state index in [1.807, 2.05) is 0 Å². The Morgan fingerprint density at radius 2 is 1.88 bits per heavy atom. The van der Waals surface area contributed by atoms with Gasteiger partial charge in [0.25, 0.3) is 10.5 Å². The van der Waals surface area contributed by atoms with E-state index >= 15 is 0 Å². The highest BCUT2D eigenvalue weighted by Crippen LogP contribution is 2.36. The van der Waals surface area contributed by atoms with Gasteiger partial charge in [0, 0.05) is 23.8 Å². The van der Waals surface area contributed by atoms with Gasteiger partial charge in [-0.2, -0.15) is 0 Å². The smallest absolute Gasteiger partial charge is 0.338 e. The zero-order valence-corrected chi connectivity index (χ0v) is 24.4. The van der Waals surface area contributed by atoms with E-state index in [-0.39, 0.29) is 28.3 Å². The van der Waals surface area contributed by atoms with Crippen LogP contribution in [0.2, 0.25) is 0 Å². The molecular weight excluding hydrogens is 562 g/mol. The molecule has 0 aliphatic carbocycles. The molecule has 0 saturated heterocycles. The van der Waals surface area contributed by atoms with Gasteiger partial charge in [0.1, 0.15) is 11.5 Å². The van der Waals surface area contributed by atoms with Crippen molar-refractivity contribution >= 4 is 29.1 Å². The fraction of sp³-hybridized carbons (Fsp3) is 0.233. The maximum atomic E-state index is 13.9. The summed E-state index contributed by atoms with van der Waals surface area (Å²) in [6.07, 6.45) is 1.62. The van der Waals surface area contributed by atoms with Crippen LogP contribution in [0.1, 0.15) is 36.8 Å². The molecule has 4 aromatic rings. The third kappa shape index (κ3) is 5.12. The summed E-state index contributed by atoms with van der Waals surface area (Å²) in [5.41, 5.74) is 2.51. The van der Waals surface area contributed by atoms with Crippen molar-refractivity contribution in [3.8, 4) is 22.8 Å². The topological polar surface area (TPSA) is 133 Å². The van der Waals surface area contributed by atoms with Crippen molar-refractivity contribution < 1.29 is 33.6 Å². The number of methoxy groups -OCH3 is 2. The van der Waals surface area contributed by atoms with E-state index in [9.17, 15) is 19.7 Å². The van der Waals surface area contributed by atoms with Crippen LogP contribution < -0.4 is 24.4 Å². The molecule has 0 saturated carbocycles. The van der Waals surface area contributed by atoms with Gasteiger partial charge in [0.2, 0.25) is 0 Å². The number of benzene rings is 2. The highest BCUT2D eigenvalue weighted by molar-refractivity contribution is 7.07. The van der Waals surface area contributed by atoms with Crippen molar-refractivity contribution in [2.75, 3.05) is 20.8 Å². The van der Waals surface area contributed by atoms with Crippen molar-refractivity contribution in [1.29, 1.82) is 0 Å². The van der Waals surface area contributed by atoms with Crippen LogP contribution in [0.5, 0.6) is 11.5 Å². The van der Waals surface area contributed by atoms with Gasteiger partial charge >= 0.3 is 11.7 Å². The van der Waals surface area contributed by atoms with Gasteiger partial charge in [-0.15, -0.1) is 0 Å². The molecule has 11 nitrogen and oxygen atoms in total. The second-order valence-corrected chi connectivity index (χ2v) is 10.4. The zero-order valence-electron chi connectivity index (χ0n) is 23.5. The number of hydrogen-bond donors (Lipinski definition) is 1. The third-order valence-corrected chi connectivity index (χ3v) is 7.82. The lowest BCUT2D eigenvalue weighted by Crippen LogP contribution is -2.39. The van der Waals surface area contributed by atoms with Gasteiger partial charge < -0.3 is 18.6 Å². The molecule has 42 heavy (non-hydrogen) atoms. The first kappa shape index (κ1) is 28.6. The van der Waals surface area contributed by atoms with Crippen LogP contribution in [-0.2, 0) is 9.53 Å². The van der Waals surface area contributed by atoms with Gasteiger partial charge in [-0.25, -0.2) is 15.0 Å². The first-order valence-electron chi connectivity index (χ1n) is 12.9. The standard InChI is InChI=1S/C30H28N3O8S/c1-6-40-29(35)26-17(3)31-30-32(27(26)18-7-11-23(38-4)24(14-18)39-5)28(34)25(42-30)15-20-9-12-22(41-20)21-10-8-19(33(36)37)13-16(21)2/h7-15,27H,6H2,1-5H3,(H,36,37)/q+1/b25-15-. The van der Waals surface area contributed by atoms with Crippen molar-refractivity contribution in [3.05, 3.63) is 101 Å². The van der Waals surface area contributed by atoms with Crippen LogP contribution in [0.4, 0.5) is 5.69 Å². The molecule has 0 radical (unpaired) electrons. The summed E-state index contributed by atoms with van der Waals surface area (Å²) in [6.45, 7) is 5.39. The highest BCUT2D eigenvalue weighted by atomic mass is 32.1. The maximum absolute atomic E-state index is 13.9. The van der Waals surface area contributed by atoms with Crippen molar-refractivity contribution in [1.82, 2.24) is 4.57 Å². The molecule has 1 unspecified atom stereocenters. The summed E-state index contributed by atoms with van der Waals surface area (Å²) in [6, 6.07) is 12.6. The van der Waals surface area contributed by atoms with Gasteiger partial charge in [-0.3, -0.25) is 9.36 Å². The van der Waals surface area contributed by atoms with Gasteiger partial charge in [0.05, 0.1) is 47.6 Å². The van der Waals surface area contributed by atoms with Crippen LogP contribution in [0.3, 0.4) is 0 Å². The highest BCUT2D eigenvalue weighted by Gasteiger charge is 2.34. The third-order valence-electron chi connectivity index (χ3n) is 6.84. The van der Waals surface area contributed by atoms with Gasteiger partial charge in [0.15, 0.2) is 16.3 Å². The molecule has 1 aliphatic rings. The molecule has 0 spiro atoms. The summed E-state index contributed by atoms with van der Waals surface area (Å²) in [5.74, 6) is 1.34. The lowest BCUT2D eigenvalue weighted by Gasteiger charge is -2.25. The van der Waals surface area contributed by atoms with Crippen LogP contribution in [0.25, 0.3) is 17.4 Å². The molecule has 0 amide bonds. The maximum Gasteiger partial charge on any atom is 0.338 e. The Kier molecular flexibility index (Phi) is 7.81. The van der Waals surface area contributed by atoms with Crippen LogP contribution >= 0.6 is 11.3 Å². The molecule has 0 bridgehead atoms. The normalized spacial score (nSPS) is 14.8. The molecule has 1 N–H and O–H groups in total. The Labute approximate surface area is 243 Å². The largest absolute Gasteiger partial charge is 0.493 e. The molecule has 12 heteroatoms. The van der Waals surface area contributed by atoms with E-state index in [1.54, 1.807) is 69.3 Å². The lowest BCUT2D eigenvalue weighted by molar-refractivity contribution is -0.729. The lowest BCUT2D eigenvalue weighted by atomic mass is 9.95. The number of allylic oxidation sites excluding steroid dienone is 1. The second-order valence-electron chi connectivity index (χ2n) is 9.39. The Balaban J connectivity index is 1.63. The SMILES string of the molecule is CCOC(=O)C1=C(C)N=c2s/c(=C\c3ccc(-c4ccc([N+](=O)O)cc4C)o3)c(=O)n2C1c1ccc(OC)c(OC)c1. The molecule has 5 rings (SSSR count). The summed E-state index contributed by atoms with van der Waals surface area (Å²) >= 11 is 1.18. The molecule has 2 aromatic heterocycles. The van der Waals surface area contributed by atoms with E-state index in [0.29, 0.717) is 43.6 Å². The Bertz CT molecular complexity index is 1930. The summed E-state index contributed by atoms with van der Waals surface area (Å²) in [5, 5.41) is 9.18. The van der Waals surface area contributed by atoms with Crippen LogP contribution in [-0.4, -0.2) is 41.5 Å². The molecule has 0 fully saturated rings. The monoisotopic (exact) mass is 590 g/mol. The molecule has 1 atom stereocenters. The summed E-state index contributed by atoms with van der Waals surface area (Å²) in [7, 11) is 3.04. The Morgan fingerprint density at radius 3 is 2.55 bits per heavy atom. The number of hydrogen-bond acceptors (Lipinski definition) is 9. The first-order chi connectivity index (χ1) is 20.2. The number of esters is 1. The average molecular weight is 591 g/mol. The predicted octanol–water partition coefficient (Wildman–Crippen LogP) is 4.18. The van der Waals surface area contributed by atoms with Gasteiger partial charge in [-0.1, -0.05) is 17.4 Å². The van der Waals surface area contributed by atoms with Crippen molar-refractivity contribution in [2.24, 2.45) is 4.99 Å². The van der Waals surface area contributed by atoms with Crippen molar-refractivity contribution in [2.45, 2.75) is 26.8 Å². The second kappa shape index (κ2) is 11.5. The minimum absolute atomic E-state index is 0.102. The molecule has 3 heterocycles. The summed E-state index contributed by atoms with van der Waals surface area (Å²) < 4.78 is 24.1. The summed E-state index contributed by atoms with van der Waals surface area (Å²) in [4.78, 5) is 43.1. The number of aromatic nitrogens is 1. The Hall–Kier alpha value is -4.97. The van der Waals surface area contributed by atoms with Crippen LogP contribution in [0, 0.1) is 11.8 Å². The number of fused-ring (bicyclic) bond motifs is 1. The number of rotatable bonds is 8. The molecule has 2 aromatic carbocycles. The number of ether oxygens (including phenoxy) is 3. The van der Waals surface area contributed by atoms with Crippen LogP contribution in [0.15, 0.2) is 74.0 Å². The van der Waals surface area contributed by atoms with E-state index < -0.39 is 12.0 Å². The molecule has 1 aliphatic heterocycles.